The van der Waals surface area contributed by atoms with Crippen molar-refractivity contribution in [1.82, 2.24) is 0 Å². The monoisotopic (exact) mass is 321 g/mol. The highest BCUT2D eigenvalue weighted by Gasteiger charge is 2.31. The molecule has 0 aliphatic rings. The van der Waals surface area contributed by atoms with Crippen LogP contribution in [-0.2, 0) is 11.0 Å². The smallest absolute Gasteiger partial charge is 0.416 e. The lowest BCUT2D eigenvalue weighted by molar-refractivity contribution is -0.137. The molecule has 7 heteroatoms. The van der Waals surface area contributed by atoms with E-state index in [-0.39, 0.29) is 23.8 Å². The van der Waals surface area contributed by atoms with Gasteiger partial charge in [0.2, 0.25) is 5.91 Å². The molecule has 0 aliphatic heterocycles. The second-order valence-electron chi connectivity index (χ2n) is 4.35. The van der Waals surface area contributed by atoms with Gasteiger partial charge >= 0.3 is 6.18 Å². The molecule has 0 bridgehead atoms. The summed E-state index contributed by atoms with van der Waals surface area (Å²) in [4.78, 5) is 11.7. The highest BCUT2D eigenvalue weighted by Crippen LogP contribution is 2.35. The van der Waals surface area contributed by atoms with Gasteiger partial charge in [-0.15, -0.1) is 0 Å². The highest BCUT2D eigenvalue weighted by molar-refractivity contribution is 7.98. The molecule has 0 spiro atoms. The van der Waals surface area contributed by atoms with Crippen molar-refractivity contribution in [2.45, 2.75) is 25.9 Å². The molecule has 0 unspecified atom stereocenters. The van der Waals surface area contributed by atoms with Gasteiger partial charge < -0.3 is 10.1 Å². The Morgan fingerprint density at radius 1 is 1.38 bits per heavy atom. The largest absolute Gasteiger partial charge is 0.491 e. The van der Waals surface area contributed by atoms with Crippen molar-refractivity contribution in [2.24, 2.45) is 0 Å². The second kappa shape index (κ2) is 8.17. The van der Waals surface area contributed by atoms with Crippen LogP contribution in [0, 0.1) is 0 Å². The van der Waals surface area contributed by atoms with Gasteiger partial charge in [-0.1, -0.05) is 6.92 Å². The van der Waals surface area contributed by atoms with Crippen molar-refractivity contribution in [2.75, 3.05) is 23.9 Å². The molecule has 1 amide bonds. The summed E-state index contributed by atoms with van der Waals surface area (Å²) in [5.74, 6) is 0.531. The number of ether oxygens (including phenoxy) is 1. The van der Waals surface area contributed by atoms with E-state index in [0.29, 0.717) is 12.4 Å². The van der Waals surface area contributed by atoms with Crippen molar-refractivity contribution in [1.29, 1.82) is 0 Å². The number of alkyl halides is 3. The van der Waals surface area contributed by atoms with E-state index in [1.165, 1.54) is 17.8 Å². The molecule has 0 aromatic heterocycles. The van der Waals surface area contributed by atoms with Crippen LogP contribution in [0.3, 0.4) is 0 Å². The molecule has 0 aliphatic carbocycles. The molecule has 3 nitrogen and oxygen atoms in total. The molecule has 0 fully saturated rings. The van der Waals surface area contributed by atoms with Crippen LogP contribution in [0.25, 0.3) is 0 Å². The van der Waals surface area contributed by atoms with E-state index in [1.807, 2.05) is 13.2 Å². The number of hydrogen-bond acceptors (Lipinski definition) is 3. The number of benzene rings is 1. The topological polar surface area (TPSA) is 38.3 Å². The van der Waals surface area contributed by atoms with Crippen LogP contribution in [0.4, 0.5) is 18.9 Å². The molecule has 0 saturated carbocycles. The maximum atomic E-state index is 12.7. The second-order valence-corrected chi connectivity index (χ2v) is 5.33. The summed E-state index contributed by atoms with van der Waals surface area (Å²) in [7, 11) is 0. The molecule has 0 atom stereocenters. The van der Waals surface area contributed by atoms with Crippen LogP contribution >= 0.6 is 11.8 Å². The van der Waals surface area contributed by atoms with Crippen molar-refractivity contribution in [3.63, 3.8) is 0 Å². The summed E-state index contributed by atoms with van der Waals surface area (Å²) in [6.07, 6.45) is -1.64. The Bertz CT molecular complexity index is 478. The first-order valence-corrected chi connectivity index (χ1v) is 7.90. The van der Waals surface area contributed by atoms with Gasteiger partial charge in [0.1, 0.15) is 5.75 Å². The fourth-order valence-corrected chi connectivity index (χ4v) is 1.94. The molecule has 21 heavy (non-hydrogen) atoms. The number of amides is 1. The molecule has 0 radical (unpaired) electrons. The molecular formula is C14H18F3NO2S. The number of hydrogen-bond donors (Lipinski definition) is 1. The average Bonchev–Trinajstić information content (AvgIpc) is 2.42. The normalized spacial score (nSPS) is 11.3. The fraction of sp³-hybridized carbons (Fsp3) is 0.500. The van der Waals surface area contributed by atoms with E-state index in [4.69, 9.17) is 4.74 Å². The SMILES string of the molecule is CCCOc1ccc(C(F)(F)F)cc1NC(=O)CCSC. The summed E-state index contributed by atoms with van der Waals surface area (Å²) in [5, 5.41) is 2.49. The summed E-state index contributed by atoms with van der Waals surface area (Å²) in [6.45, 7) is 2.26. The number of carbonyl (C=O) groups excluding carboxylic acids is 1. The average molecular weight is 321 g/mol. The standard InChI is InChI=1S/C14H18F3NO2S/c1-3-7-20-12-5-4-10(14(15,16)17)9-11(12)18-13(19)6-8-21-2/h4-5,9H,3,6-8H2,1-2H3,(H,18,19). The number of rotatable bonds is 7. The first-order chi connectivity index (χ1) is 9.88. The molecule has 1 aromatic carbocycles. The van der Waals surface area contributed by atoms with E-state index >= 15 is 0 Å². The Hall–Kier alpha value is -1.37. The molecule has 0 saturated heterocycles. The maximum Gasteiger partial charge on any atom is 0.416 e. The summed E-state index contributed by atoms with van der Waals surface area (Å²) in [5.41, 5.74) is -0.754. The van der Waals surface area contributed by atoms with Crippen molar-refractivity contribution >= 4 is 23.4 Å². The Kier molecular flexibility index (Phi) is 6.87. The Morgan fingerprint density at radius 3 is 2.67 bits per heavy atom. The van der Waals surface area contributed by atoms with Gasteiger partial charge in [-0.3, -0.25) is 4.79 Å². The predicted octanol–water partition coefficient (Wildman–Crippen LogP) is 4.19. The third kappa shape index (κ3) is 5.87. The van der Waals surface area contributed by atoms with Crippen LogP contribution in [0.15, 0.2) is 18.2 Å². The van der Waals surface area contributed by atoms with Gasteiger partial charge in [-0.2, -0.15) is 24.9 Å². The Balaban J connectivity index is 2.96. The number of halogens is 3. The molecule has 0 heterocycles. The van der Waals surface area contributed by atoms with Crippen LogP contribution in [0.5, 0.6) is 5.75 Å². The van der Waals surface area contributed by atoms with Crippen LogP contribution in [-0.4, -0.2) is 24.5 Å². The number of anilines is 1. The maximum absolute atomic E-state index is 12.7. The predicted molar refractivity (Wildman–Crippen MR) is 78.9 cm³/mol. The van der Waals surface area contributed by atoms with Crippen LogP contribution < -0.4 is 10.1 Å². The van der Waals surface area contributed by atoms with Gasteiger partial charge in [-0.25, -0.2) is 0 Å². The van der Waals surface area contributed by atoms with Gasteiger partial charge in [0.15, 0.2) is 0 Å². The van der Waals surface area contributed by atoms with Gasteiger partial charge in [0.05, 0.1) is 17.9 Å². The minimum absolute atomic E-state index is 0.0596. The summed E-state index contributed by atoms with van der Waals surface area (Å²) >= 11 is 1.49. The summed E-state index contributed by atoms with van der Waals surface area (Å²) in [6, 6.07) is 3.09. The lowest BCUT2D eigenvalue weighted by Gasteiger charge is -2.15. The van der Waals surface area contributed by atoms with Gasteiger partial charge in [0, 0.05) is 12.2 Å². The van der Waals surface area contributed by atoms with Gasteiger partial charge in [0.25, 0.3) is 0 Å². The first-order valence-electron chi connectivity index (χ1n) is 6.51. The Morgan fingerprint density at radius 2 is 2.10 bits per heavy atom. The minimum atomic E-state index is -4.46. The number of thioether (sulfide) groups is 1. The van der Waals surface area contributed by atoms with Crippen molar-refractivity contribution in [3.05, 3.63) is 23.8 Å². The zero-order valence-electron chi connectivity index (χ0n) is 11.9. The zero-order chi connectivity index (χ0) is 15.9. The molecular weight excluding hydrogens is 303 g/mol. The van der Waals surface area contributed by atoms with Crippen LogP contribution in [0.1, 0.15) is 25.3 Å². The molecule has 1 rings (SSSR count). The zero-order valence-corrected chi connectivity index (χ0v) is 12.7. The quantitative estimate of drug-likeness (QED) is 0.818. The third-order valence-electron chi connectivity index (χ3n) is 2.58. The number of nitrogens with one attached hydrogen (secondary N) is 1. The number of carbonyl (C=O) groups is 1. The first kappa shape index (κ1) is 17.7. The van der Waals surface area contributed by atoms with Crippen LogP contribution in [0.2, 0.25) is 0 Å². The Labute approximate surface area is 126 Å². The van der Waals surface area contributed by atoms with E-state index in [2.05, 4.69) is 5.32 Å². The van der Waals surface area contributed by atoms with E-state index in [1.54, 1.807) is 0 Å². The molecule has 1 aromatic rings. The lowest BCUT2D eigenvalue weighted by Crippen LogP contribution is -2.15. The van der Waals surface area contributed by atoms with Crippen molar-refractivity contribution < 1.29 is 22.7 Å². The molecule has 118 valence electrons. The lowest BCUT2D eigenvalue weighted by atomic mass is 10.1. The van der Waals surface area contributed by atoms with E-state index in [0.717, 1.165) is 18.6 Å². The van der Waals surface area contributed by atoms with E-state index in [9.17, 15) is 18.0 Å². The summed E-state index contributed by atoms with van der Waals surface area (Å²) < 4.78 is 43.6. The van der Waals surface area contributed by atoms with E-state index < -0.39 is 11.7 Å². The highest BCUT2D eigenvalue weighted by atomic mass is 32.2. The minimum Gasteiger partial charge on any atom is -0.491 e. The third-order valence-corrected chi connectivity index (χ3v) is 3.19. The van der Waals surface area contributed by atoms with Crippen molar-refractivity contribution in [3.8, 4) is 5.75 Å². The molecule has 1 N–H and O–H groups in total. The fourth-order valence-electron chi connectivity index (χ4n) is 1.55. The van der Waals surface area contributed by atoms with Gasteiger partial charge in [-0.05, 0) is 30.9 Å².